The molecule has 0 aliphatic carbocycles. The van der Waals surface area contributed by atoms with E-state index in [0.717, 1.165) is 23.3 Å². The first-order chi connectivity index (χ1) is 10.1. The highest BCUT2D eigenvalue weighted by atomic mass is 16.3. The third-order valence-electron chi connectivity index (χ3n) is 3.48. The molecule has 0 saturated heterocycles. The highest BCUT2D eigenvalue weighted by Crippen LogP contribution is 2.21. The maximum atomic E-state index is 12.4. The molecule has 0 atom stereocenters. The fourth-order valence-electron chi connectivity index (χ4n) is 2.52. The Bertz CT molecular complexity index is 814. The Kier molecular flexibility index (Phi) is 3.25. The number of nitrogens with one attached hydrogen (secondary N) is 1. The number of imidazole rings is 1. The number of nitrogens with zero attached hydrogens (tertiary/aromatic N) is 2. The molecule has 3 aromatic rings. The summed E-state index contributed by atoms with van der Waals surface area (Å²) in [5, 5.41) is 2.87. The summed E-state index contributed by atoms with van der Waals surface area (Å²) in [4.78, 5) is 16.9. The fourth-order valence-corrected chi connectivity index (χ4v) is 2.52. The van der Waals surface area contributed by atoms with Gasteiger partial charge in [0.15, 0.2) is 0 Å². The molecular weight excluding hydrogens is 266 g/mol. The molecule has 0 fully saturated rings. The summed E-state index contributed by atoms with van der Waals surface area (Å²) in [5.74, 6) is 1.70. The number of carbonyl (C=O) groups excluding carboxylic acids is 1. The van der Waals surface area contributed by atoms with E-state index in [0.29, 0.717) is 17.3 Å². The van der Waals surface area contributed by atoms with Crippen LogP contribution in [0.2, 0.25) is 0 Å². The smallest absolute Gasteiger partial charge is 0.261 e. The lowest BCUT2D eigenvalue weighted by Crippen LogP contribution is -2.16. The van der Waals surface area contributed by atoms with Crippen molar-refractivity contribution in [2.24, 2.45) is 0 Å². The van der Waals surface area contributed by atoms with Crippen molar-refractivity contribution in [2.75, 3.05) is 5.32 Å². The number of carbonyl (C=O) groups is 1. The molecule has 3 rings (SSSR count). The molecular formula is C16H17N3O2. The summed E-state index contributed by atoms with van der Waals surface area (Å²) in [6.45, 7) is 6.37. The van der Waals surface area contributed by atoms with Gasteiger partial charge in [0.1, 0.15) is 11.5 Å². The van der Waals surface area contributed by atoms with Crippen LogP contribution in [0, 0.1) is 13.8 Å². The summed E-state index contributed by atoms with van der Waals surface area (Å²) in [5.41, 5.74) is 2.42. The van der Waals surface area contributed by atoms with Crippen molar-refractivity contribution in [3.8, 4) is 0 Å². The minimum atomic E-state index is -0.200. The average Bonchev–Trinajstić information content (AvgIpc) is 2.97. The zero-order chi connectivity index (χ0) is 15.0. The first kappa shape index (κ1) is 13.4. The minimum absolute atomic E-state index is 0.200. The van der Waals surface area contributed by atoms with E-state index in [2.05, 4.69) is 10.3 Å². The van der Waals surface area contributed by atoms with Crippen molar-refractivity contribution in [1.29, 1.82) is 0 Å². The van der Waals surface area contributed by atoms with Crippen LogP contribution < -0.4 is 5.32 Å². The number of furan rings is 1. The zero-order valence-electron chi connectivity index (χ0n) is 12.3. The number of aryl methyl sites for hydroxylation is 3. The van der Waals surface area contributed by atoms with Gasteiger partial charge in [-0.3, -0.25) is 10.1 Å². The van der Waals surface area contributed by atoms with Crippen LogP contribution in [-0.2, 0) is 6.54 Å². The summed E-state index contributed by atoms with van der Waals surface area (Å²) >= 11 is 0. The minimum Gasteiger partial charge on any atom is -0.466 e. The fraction of sp³-hybridized carbons (Fsp3) is 0.250. The molecule has 0 saturated carbocycles. The van der Waals surface area contributed by atoms with Crippen molar-refractivity contribution < 1.29 is 9.21 Å². The molecule has 1 amide bonds. The Morgan fingerprint density at radius 2 is 2.10 bits per heavy atom. The Hall–Kier alpha value is -2.56. The normalized spacial score (nSPS) is 11.0. The number of aromatic nitrogens is 2. The first-order valence-electron chi connectivity index (χ1n) is 6.93. The van der Waals surface area contributed by atoms with Crippen LogP contribution in [0.25, 0.3) is 11.0 Å². The van der Waals surface area contributed by atoms with Gasteiger partial charge in [0, 0.05) is 6.54 Å². The van der Waals surface area contributed by atoms with Crippen LogP contribution >= 0.6 is 0 Å². The van der Waals surface area contributed by atoms with Crippen LogP contribution in [-0.4, -0.2) is 15.5 Å². The van der Waals surface area contributed by atoms with Crippen molar-refractivity contribution in [3.63, 3.8) is 0 Å². The standard InChI is InChI=1S/C16H17N3O2/c1-4-19-14-8-6-5-7-13(14)17-16(19)18-15(20)12-9-10(2)21-11(12)3/h5-9H,4H2,1-3H3,(H,17,18,20). The maximum absolute atomic E-state index is 12.4. The Morgan fingerprint density at radius 1 is 1.33 bits per heavy atom. The van der Waals surface area contributed by atoms with Gasteiger partial charge in [-0.05, 0) is 39.0 Å². The Labute approximate surface area is 122 Å². The Morgan fingerprint density at radius 3 is 2.76 bits per heavy atom. The van der Waals surface area contributed by atoms with Crippen LogP contribution in [0.15, 0.2) is 34.7 Å². The number of benzene rings is 1. The number of anilines is 1. The average molecular weight is 283 g/mol. The monoisotopic (exact) mass is 283 g/mol. The quantitative estimate of drug-likeness (QED) is 0.800. The molecule has 21 heavy (non-hydrogen) atoms. The highest BCUT2D eigenvalue weighted by Gasteiger charge is 2.17. The van der Waals surface area contributed by atoms with Gasteiger partial charge in [-0.2, -0.15) is 0 Å². The molecule has 2 heterocycles. The van der Waals surface area contributed by atoms with E-state index in [1.165, 1.54) is 0 Å². The van der Waals surface area contributed by atoms with E-state index in [4.69, 9.17) is 4.42 Å². The van der Waals surface area contributed by atoms with Crippen LogP contribution in [0.3, 0.4) is 0 Å². The number of rotatable bonds is 3. The van der Waals surface area contributed by atoms with Crippen LogP contribution in [0.5, 0.6) is 0 Å². The van der Waals surface area contributed by atoms with E-state index in [1.807, 2.05) is 42.7 Å². The van der Waals surface area contributed by atoms with E-state index >= 15 is 0 Å². The number of fused-ring (bicyclic) bond motifs is 1. The predicted molar refractivity (Wildman–Crippen MR) is 81.5 cm³/mol. The summed E-state index contributed by atoms with van der Waals surface area (Å²) in [6.07, 6.45) is 0. The second kappa shape index (κ2) is 5.09. The molecule has 2 aromatic heterocycles. The third-order valence-corrected chi connectivity index (χ3v) is 3.48. The zero-order valence-corrected chi connectivity index (χ0v) is 12.3. The summed E-state index contributed by atoms with van der Waals surface area (Å²) < 4.78 is 7.38. The number of hydrogen-bond donors (Lipinski definition) is 1. The van der Waals surface area contributed by atoms with Crippen molar-refractivity contribution in [2.45, 2.75) is 27.3 Å². The molecule has 0 unspecified atom stereocenters. The third kappa shape index (κ3) is 2.31. The molecule has 0 spiro atoms. The second-order valence-electron chi connectivity index (χ2n) is 4.95. The molecule has 108 valence electrons. The second-order valence-corrected chi connectivity index (χ2v) is 4.95. The van der Waals surface area contributed by atoms with Crippen molar-refractivity contribution in [1.82, 2.24) is 9.55 Å². The van der Waals surface area contributed by atoms with E-state index in [1.54, 1.807) is 13.0 Å². The van der Waals surface area contributed by atoms with Gasteiger partial charge in [0.05, 0.1) is 16.6 Å². The van der Waals surface area contributed by atoms with Gasteiger partial charge in [0.2, 0.25) is 5.95 Å². The van der Waals surface area contributed by atoms with Crippen LogP contribution in [0.4, 0.5) is 5.95 Å². The summed E-state index contributed by atoms with van der Waals surface area (Å²) in [7, 11) is 0. The largest absolute Gasteiger partial charge is 0.466 e. The summed E-state index contributed by atoms with van der Waals surface area (Å²) in [6, 6.07) is 9.57. The maximum Gasteiger partial charge on any atom is 0.261 e. The molecule has 1 N–H and O–H groups in total. The van der Waals surface area contributed by atoms with E-state index in [9.17, 15) is 4.79 Å². The predicted octanol–water partition coefficient (Wildman–Crippen LogP) is 3.52. The number of para-hydroxylation sites is 2. The van der Waals surface area contributed by atoms with Gasteiger partial charge in [-0.25, -0.2) is 4.98 Å². The van der Waals surface area contributed by atoms with Gasteiger partial charge in [-0.15, -0.1) is 0 Å². The lowest BCUT2D eigenvalue weighted by molar-refractivity contribution is 0.102. The topological polar surface area (TPSA) is 60.1 Å². The van der Waals surface area contributed by atoms with Gasteiger partial charge in [-0.1, -0.05) is 12.1 Å². The van der Waals surface area contributed by atoms with E-state index < -0.39 is 0 Å². The van der Waals surface area contributed by atoms with Gasteiger partial charge < -0.3 is 8.98 Å². The molecule has 5 nitrogen and oxygen atoms in total. The van der Waals surface area contributed by atoms with Crippen molar-refractivity contribution >= 4 is 22.9 Å². The van der Waals surface area contributed by atoms with Crippen molar-refractivity contribution in [3.05, 3.63) is 47.4 Å². The first-order valence-corrected chi connectivity index (χ1v) is 6.93. The molecule has 0 aliphatic rings. The molecule has 1 aromatic carbocycles. The van der Waals surface area contributed by atoms with Crippen LogP contribution in [0.1, 0.15) is 28.8 Å². The molecule has 0 bridgehead atoms. The Balaban J connectivity index is 1.98. The molecule has 5 heteroatoms. The van der Waals surface area contributed by atoms with Gasteiger partial charge in [0.25, 0.3) is 5.91 Å². The lowest BCUT2D eigenvalue weighted by atomic mass is 10.2. The lowest BCUT2D eigenvalue weighted by Gasteiger charge is -2.06. The molecule has 0 aliphatic heterocycles. The SMILES string of the molecule is CCn1c(NC(=O)c2cc(C)oc2C)nc2ccccc21. The number of hydrogen-bond acceptors (Lipinski definition) is 3. The van der Waals surface area contributed by atoms with E-state index in [-0.39, 0.29) is 5.91 Å². The van der Waals surface area contributed by atoms with Gasteiger partial charge >= 0.3 is 0 Å². The molecule has 0 radical (unpaired) electrons. The highest BCUT2D eigenvalue weighted by molar-refractivity contribution is 6.04. The number of amides is 1.